The molecule has 1 rings (SSSR count). The molecule has 0 spiro atoms. The molecule has 1 unspecified atom stereocenters. The molecule has 0 aromatic heterocycles. The van der Waals surface area contributed by atoms with Crippen molar-refractivity contribution in [2.45, 2.75) is 25.9 Å². The summed E-state index contributed by atoms with van der Waals surface area (Å²) in [6.07, 6.45) is 0. The highest BCUT2D eigenvalue weighted by Gasteiger charge is 2.18. The fourth-order valence-electron chi connectivity index (χ4n) is 1.36. The van der Waals surface area contributed by atoms with Crippen molar-refractivity contribution in [1.82, 2.24) is 5.32 Å². The van der Waals surface area contributed by atoms with Gasteiger partial charge in [-0.05, 0) is 31.5 Å². The van der Waals surface area contributed by atoms with Crippen molar-refractivity contribution in [1.29, 1.82) is 0 Å². The van der Waals surface area contributed by atoms with E-state index in [4.69, 9.17) is 17.3 Å². The Morgan fingerprint density at radius 1 is 1.47 bits per heavy atom. The summed E-state index contributed by atoms with van der Waals surface area (Å²) in [5.74, 6) is -0.397. The Hall–Kier alpha value is -1.06. The summed E-state index contributed by atoms with van der Waals surface area (Å²) in [5, 5.41) is 3.69. The van der Waals surface area contributed by atoms with Crippen molar-refractivity contribution in [2.75, 3.05) is 0 Å². The summed E-state index contributed by atoms with van der Waals surface area (Å²) < 4.78 is 0. The van der Waals surface area contributed by atoms with E-state index in [0.717, 1.165) is 5.56 Å². The van der Waals surface area contributed by atoms with Crippen molar-refractivity contribution in [3.8, 4) is 0 Å². The Labute approximate surface area is 94.6 Å². The minimum Gasteiger partial charge on any atom is -0.368 e. The summed E-state index contributed by atoms with van der Waals surface area (Å²) in [4.78, 5) is 11.3. The van der Waals surface area contributed by atoms with Crippen LogP contribution in [0.5, 0.6) is 0 Å². The van der Waals surface area contributed by atoms with Crippen LogP contribution in [0.4, 0.5) is 0 Å². The molecule has 3 nitrogen and oxygen atoms in total. The van der Waals surface area contributed by atoms with E-state index >= 15 is 0 Å². The predicted molar refractivity (Wildman–Crippen MR) is 61.7 cm³/mol. The number of primary amides is 1. The van der Waals surface area contributed by atoms with Crippen LogP contribution in [0.3, 0.4) is 0 Å². The first-order valence-corrected chi connectivity index (χ1v) is 5.19. The van der Waals surface area contributed by atoms with Crippen LogP contribution in [-0.2, 0) is 4.79 Å². The average Bonchev–Trinajstić information content (AvgIpc) is 2.13. The lowest BCUT2D eigenvalue weighted by atomic mass is 10.1. The van der Waals surface area contributed by atoms with Gasteiger partial charge in [0.2, 0.25) is 5.91 Å². The van der Waals surface area contributed by atoms with Crippen LogP contribution in [-0.4, -0.2) is 11.9 Å². The molecular formula is C11H15ClN2O. The van der Waals surface area contributed by atoms with Crippen LogP contribution in [0.25, 0.3) is 0 Å². The number of rotatable bonds is 4. The monoisotopic (exact) mass is 226 g/mol. The minimum atomic E-state index is -0.483. The van der Waals surface area contributed by atoms with Crippen molar-refractivity contribution in [3.63, 3.8) is 0 Å². The largest absolute Gasteiger partial charge is 0.368 e. The van der Waals surface area contributed by atoms with Gasteiger partial charge in [0.05, 0.1) is 0 Å². The van der Waals surface area contributed by atoms with E-state index in [1.807, 2.05) is 19.9 Å². The zero-order valence-electron chi connectivity index (χ0n) is 8.83. The van der Waals surface area contributed by atoms with E-state index in [9.17, 15) is 4.79 Å². The van der Waals surface area contributed by atoms with Gasteiger partial charge in [-0.3, -0.25) is 10.1 Å². The highest BCUT2D eigenvalue weighted by Crippen LogP contribution is 2.18. The predicted octanol–water partition coefficient (Wildman–Crippen LogP) is 1.86. The summed E-state index contributed by atoms with van der Waals surface area (Å²) >= 11 is 5.85. The van der Waals surface area contributed by atoms with E-state index in [0.29, 0.717) is 5.02 Å². The molecular weight excluding hydrogens is 212 g/mol. The first-order chi connectivity index (χ1) is 7.00. The fraction of sp³-hybridized carbons (Fsp3) is 0.364. The number of hydrogen-bond donors (Lipinski definition) is 2. The van der Waals surface area contributed by atoms with E-state index in [2.05, 4.69) is 5.32 Å². The van der Waals surface area contributed by atoms with E-state index < -0.39 is 11.9 Å². The summed E-state index contributed by atoms with van der Waals surface area (Å²) in [7, 11) is 0. The number of hydrogen-bond acceptors (Lipinski definition) is 2. The molecule has 0 saturated heterocycles. The Morgan fingerprint density at radius 3 is 2.60 bits per heavy atom. The van der Waals surface area contributed by atoms with Gasteiger partial charge in [0.1, 0.15) is 6.04 Å². The highest BCUT2D eigenvalue weighted by molar-refractivity contribution is 6.30. The molecule has 0 radical (unpaired) electrons. The third-order valence-corrected chi connectivity index (χ3v) is 2.20. The van der Waals surface area contributed by atoms with Crippen molar-refractivity contribution < 1.29 is 4.79 Å². The van der Waals surface area contributed by atoms with E-state index in [1.54, 1.807) is 18.2 Å². The molecule has 1 aromatic carbocycles. The van der Waals surface area contributed by atoms with Crippen molar-refractivity contribution >= 4 is 17.5 Å². The maximum Gasteiger partial charge on any atom is 0.239 e. The van der Waals surface area contributed by atoms with Gasteiger partial charge in [-0.2, -0.15) is 0 Å². The molecule has 82 valence electrons. The Kier molecular flexibility index (Phi) is 4.12. The van der Waals surface area contributed by atoms with Crippen LogP contribution in [0.1, 0.15) is 25.5 Å². The molecule has 1 aromatic rings. The quantitative estimate of drug-likeness (QED) is 0.824. The topological polar surface area (TPSA) is 55.1 Å². The molecule has 0 fully saturated rings. The second-order valence-electron chi connectivity index (χ2n) is 3.71. The Morgan fingerprint density at radius 2 is 2.13 bits per heavy atom. The van der Waals surface area contributed by atoms with Gasteiger partial charge in [0.15, 0.2) is 0 Å². The zero-order chi connectivity index (χ0) is 11.4. The lowest BCUT2D eigenvalue weighted by Crippen LogP contribution is -2.37. The summed E-state index contributed by atoms with van der Waals surface area (Å²) in [6.45, 7) is 3.92. The third kappa shape index (κ3) is 3.53. The number of carbonyl (C=O) groups excluding carboxylic acids is 1. The molecule has 15 heavy (non-hydrogen) atoms. The van der Waals surface area contributed by atoms with Crippen molar-refractivity contribution in [3.05, 3.63) is 34.9 Å². The van der Waals surface area contributed by atoms with Crippen LogP contribution in [0.15, 0.2) is 24.3 Å². The van der Waals surface area contributed by atoms with Gasteiger partial charge < -0.3 is 5.73 Å². The number of carbonyl (C=O) groups is 1. The van der Waals surface area contributed by atoms with Crippen molar-refractivity contribution in [2.24, 2.45) is 5.73 Å². The minimum absolute atomic E-state index is 0.182. The number of benzene rings is 1. The second kappa shape index (κ2) is 5.14. The summed E-state index contributed by atoms with van der Waals surface area (Å²) in [6, 6.07) is 6.84. The molecule has 3 N–H and O–H groups in total. The number of nitrogens with one attached hydrogen (secondary N) is 1. The molecule has 0 bridgehead atoms. The molecule has 1 atom stereocenters. The lowest BCUT2D eigenvalue weighted by Gasteiger charge is -2.18. The van der Waals surface area contributed by atoms with E-state index in [-0.39, 0.29) is 6.04 Å². The third-order valence-electron chi connectivity index (χ3n) is 1.97. The first-order valence-electron chi connectivity index (χ1n) is 4.81. The lowest BCUT2D eigenvalue weighted by molar-refractivity contribution is -0.120. The van der Waals surface area contributed by atoms with Crippen LogP contribution in [0, 0.1) is 0 Å². The maximum atomic E-state index is 11.3. The van der Waals surface area contributed by atoms with Gasteiger partial charge in [0, 0.05) is 11.1 Å². The zero-order valence-corrected chi connectivity index (χ0v) is 9.58. The molecule has 0 aliphatic carbocycles. The standard InChI is InChI=1S/C11H15ClN2O/c1-7(2)14-10(11(13)15)8-4-3-5-9(12)6-8/h3-7,10,14H,1-2H3,(H2,13,15). The van der Waals surface area contributed by atoms with Crippen LogP contribution >= 0.6 is 11.6 Å². The van der Waals surface area contributed by atoms with Gasteiger partial charge >= 0.3 is 0 Å². The molecule has 4 heteroatoms. The Bertz CT molecular complexity index is 352. The SMILES string of the molecule is CC(C)NC(C(N)=O)c1cccc(Cl)c1. The smallest absolute Gasteiger partial charge is 0.239 e. The van der Waals surface area contributed by atoms with Crippen LogP contribution in [0.2, 0.25) is 5.02 Å². The van der Waals surface area contributed by atoms with Gasteiger partial charge in [-0.15, -0.1) is 0 Å². The average molecular weight is 227 g/mol. The molecule has 1 amide bonds. The molecule has 0 aliphatic heterocycles. The van der Waals surface area contributed by atoms with Gasteiger partial charge in [0.25, 0.3) is 0 Å². The maximum absolute atomic E-state index is 11.3. The highest BCUT2D eigenvalue weighted by atomic mass is 35.5. The molecule has 0 heterocycles. The first kappa shape index (κ1) is 12.0. The Balaban J connectivity index is 2.94. The van der Waals surface area contributed by atoms with Gasteiger partial charge in [-0.25, -0.2) is 0 Å². The van der Waals surface area contributed by atoms with E-state index in [1.165, 1.54) is 0 Å². The molecule has 0 aliphatic rings. The number of amides is 1. The normalized spacial score (nSPS) is 12.8. The number of nitrogens with two attached hydrogens (primary N) is 1. The molecule has 0 saturated carbocycles. The van der Waals surface area contributed by atoms with Gasteiger partial charge in [-0.1, -0.05) is 23.7 Å². The number of halogens is 1. The fourth-order valence-corrected chi connectivity index (χ4v) is 1.56. The van der Waals surface area contributed by atoms with Crippen LogP contribution < -0.4 is 11.1 Å². The second-order valence-corrected chi connectivity index (χ2v) is 4.15. The summed E-state index contributed by atoms with van der Waals surface area (Å²) in [5.41, 5.74) is 6.12.